The molecular weight excluding hydrogens is 592 g/mol. The number of amides is 5. The van der Waals surface area contributed by atoms with Crippen LogP contribution in [-0.2, 0) is 49.4 Å². The van der Waals surface area contributed by atoms with Crippen LogP contribution in [0.15, 0.2) is 24.3 Å². The van der Waals surface area contributed by atoms with Crippen LogP contribution in [0.1, 0.15) is 25.3 Å². The minimum Gasteiger partial charge on any atom is -0.453 e. The Morgan fingerprint density at radius 1 is 0.822 bits per heavy atom. The first-order valence-electron chi connectivity index (χ1n) is 14.8. The smallest absolute Gasteiger partial charge is 0.409 e. The van der Waals surface area contributed by atoms with Gasteiger partial charge in [0.05, 0.1) is 72.9 Å². The lowest BCUT2D eigenvalue weighted by Gasteiger charge is -2.21. The first-order valence-corrected chi connectivity index (χ1v) is 14.8. The highest BCUT2D eigenvalue weighted by Crippen LogP contribution is 2.18. The molecule has 0 aromatic heterocycles. The number of carbonyl (C=O) groups is 5. The summed E-state index contributed by atoms with van der Waals surface area (Å²) >= 11 is 0. The van der Waals surface area contributed by atoms with E-state index in [-0.39, 0.29) is 69.4 Å². The van der Waals surface area contributed by atoms with Crippen molar-refractivity contribution in [2.75, 3.05) is 99.0 Å². The number of anilines is 1. The molecule has 1 aromatic rings. The van der Waals surface area contributed by atoms with Gasteiger partial charge in [0.1, 0.15) is 6.61 Å². The van der Waals surface area contributed by atoms with Crippen LogP contribution in [0.3, 0.4) is 0 Å². The zero-order valence-electron chi connectivity index (χ0n) is 26.6. The summed E-state index contributed by atoms with van der Waals surface area (Å²) in [5, 5.41) is 2.79. The quantitative estimate of drug-likeness (QED) is 0.154. The first kappa shape index (κ1) is 37.4. The summed E-state index contributed by atoms with van der Waals surface area (Å²) in [4.78, 5) is 63.2. The molecule has 45 heavy (non-hydrogen) atoms. The van der Waals surface area contributed by atoms with Gasteiger partial charge in [0.15, 0.2) is 0 Å². The lowest BCUT2D eigenvalue weighted by Crippen LogP contribution is -2.37. The maximum absolute atomic E-state index is 12.2. The van der Waals surface area contributed by atoms with Gasteiger partial charge >= 0.3 is 12.2 Å². The zero-order chi connectivity index (χ0) is 33.0. The number of imide groups is 1. The molecule has 1 saturated heterocycles. The molecule has 15 heteroatoms. The van der Waals surface area contributed by atoms with Crippen LogP contribution < -0.4 is 5.32 Å². The third-order valence-electron chi connectivity index (χ3n) is 6.69. The highest BCUT2D eigenvalue weighted by atomic mass is 16.6. The third-order valence-corrected chi connectivity index (χ3v) is 6.69. The first-order chi connectivity index (χ1) is 21.6. The molecule has 0 saturated carbocycles. The molecule has 1 aromatic carbocycles. The number of nitrogens with one attached hydrogen (secondary N) is 1. The Labute approximate surface area is 264 Å². The van der Waals surface area contributed by atoms with Crippen LogP contribution in [0, 0.1) is 5.92 Å². The van der Waals surface area contributed by atoms with E-state index in [1.807, 2.05) is 0 Å². The van der Waals surface area contributed by atoms with Crippen LogP contribution >= 0.6 is 0 Å². The van der Waals surface area contributed by atoms with Gasteiger partial charge in [-0.3, -0.25) is 19.3 Å². The van der Waals surface area contributed by atoms with Crippen molar-refractivity contribution in [3.8, 4) is 0 Å². The van der Waals surface area contributed by atoms with Gasteiger partial charge in [-0.25, -0.2) is 9.59 Å². The molecule has 1 atom stereocenters. The largest absolute Gasteiger partial charge is 0.453 e. The van der Waals surface area contributed by atoms with Gasteiger partial charge < -0.3 is 43.5 Å². The van der Waals surface area contributed by atoms with Gasteiger partial charge in [-0.15, -0.1) is 0 Å². The van der Waals surface area contributed by atoms with E-state index in [4.69, 9.17) is 23.7 Å². The monoisotopic (exact) mass is 638 g/mol. The number of nitrogens with zero attached hydrogens (tertiary/aromatic N) is 3. The standard InChI is InChI=1S/C30H46N4O11/c1-23-21-27(36)34(28(23)37)12-14-42-16-18-44-20-19-43-17-15-41-13-9-26(35)31-25-7-5-24(6-8-25)22-45-30(39)33(3)11-10-32(2)29(38)40-4/h5-8,23H,9-22H2,1-4H3,(H,31,35). The van der Waals surface area contributed by atoms with E-state index in [1.54, 1.807) is 45.3 Å². The predicted molar refractivity (Wildman–Crippen MR) is 161 cm³/mol. The summed E-state index contributed by atoms with van der Waals surface area (Å²) in [6, 6.07) is 6.94. The second kappa shape index (κ2) is 21.0. The molecule has 1 fully saturated rings. The van der Waals surface area contributed by atoms with Crippen LogP contribution in [-0.4, -0.2) is 138 Å². The number of carbonyl (C=O) groups excluding carboxylic acids is 5. The average molecular weight is 639 g/mol. The van der Waals surface area contributed by atoms with E-state index in [2.05, 4.69) is 10.1 Å². The molecule has 0 spiro atoms. The van der Waals surface area contributed by atoms with E-state index in [1.165, 1.54) is 21.8 Å². The molecule has 0 radical (unpaired) electrons. The van der Waals surface area contributed by atoms with Gasteiger partial charge in [0, 0.05) is 45.2 Å². The average Bonchev–Trinajstić information content (AvgIpc) is 3.28. The molecule has 1 unspecified atom stereocenters. The molecule has 1 aliphatic heterocycles. The molecule has 1 aliphatic rings. The van der Waals surface area contributed by atoms with Crippen LogP contribution in [0.4, 0.5) is 15.3 Å². The molecule has 1 N–H and O–H groups in total. The minimum absolute atomic E-state index is 0.0627. The maximum atomic E-state index is 12.2. The number of methoxy groups -OCH3 is 1. The molecule has 15 nitrogen and oxygen atoms in total. The topological polar surface area (TPSA) is 162 Å². The fourth-order valence-electron chi connectivity index (χ4n) is 3.97. The second-order valence-electron chi connectivity index (χ2n) is 10.3. The Hall–Kier alpha value is -3.79. The van der Waals surface area contributed by atoms with Gasteiger partial charge in [-0.2, -0.15) is 0 Å². The normalized spacial score (nSPS) is 14.4. The van der Waals surface area contributed by atoms with Crippen molar-refractivity contribution in [2.45, 2.75) is 26.4 Å². The van der Waals surface area contributed by atoms with Crippen LogP contribution in [0.25, 0.3) is 0 Å². The van der Waals surface area contributed by atoms with E-state index in [0.717, 1.165) is 5.56 Å². The lowest BCUT2D eigenvalue weighted by atomic mass is 10.1. The van der Waals surface area contributed by atoms with Crippen LogP contribution in [0.2, 0.25) is 0 Å². The summed E-state index contributed by atoms with van der Waals surface area (Å²) in [6.07, 6.45) is -0.560. The molecule has 2 rings (SSSR count). The molecular formula is C30H46N4O11. The lowest BCUT2D eigenvalue weighted by molar-refractivity contribution is -0.140. The van der Waals surface area contributed by atoms with Gasteiger partial charge in [0.25, 0.3) is 0 Å². The number of likely N-dealkylation sites (tertiary alicyclic amines) is 1. The number of ether oxygens (including phenoxy) is 6. The second-order valence-corrected chi connectivity index (χ2v) is 10.3. The Balaban J connectivity index is 1.42. The van der Waals surface area contributed by atoms with Crippen molar-refractivity contribution in [1.29, 1.82) is 0 Å². The number of hydrogen-bond acceptors (Lipinski definition) is 11. The zero-order valence-corrected chi connectivity index (χ0v) is 26.6. The Morgan fingerprint density at radius 2 is 1.36 bits per heavy atom. The predicted octanol–water partition coefficient (Wildman–Crippen LogP) is 1.74. The molecule has 0 bridgehead atoms. The maximum Gasteiger partial charge on any atom is 0.409 e. The summed E-state index contributed by atoms with van der Waals surface area (Å²) in [5.41, 5.74) is 1.36. The number of rotatable bonds is 21. The molecule has 5 amide bonds. The van der Waals surface area contributed by atoms with Crippen molar-refractivity contribution in [1.82, 2.24) is 14.7 Å². The SMILES string of the molecule is COC(=O)N(C)CCN(C)C(=O)OCc1ccc(NC(=O)CCOCCOCCOCCOCCN2C(=O)CC(C)C2=O)cc1. The van der Waals surface area contributed by atoms with E-state index in [9.17, 15) is 24.0 Å². The highest BCUT2D eigenvalue weighted by Gasteiger charge is 2.34. The molecule has 0 aliphatic carbocycles. The van der Waals surface area contributed by atoms with Crippen molar-refractivity contribution in [3.63, 3.8) is 0 Å². The number of hydrogen-bond donors (Lipinski definition) is 1. The van der Waals surface area contributed by atoms with E-state index in [0.29, 0.717) is 51.9 Å². The Bertz CT molecular complexity index is 1090. The highest BCUT2D eigenvalue weighted by molar-refractivity contribution is 6.03. The molecule has 1 heterocycles. The fraction of sp³-hybridized carbons (Fsp3) is 0.633. The van der Waals surface area contributed by atoms with Crippen molar-refractivity contribution in [2.24, 2.45) is 5.92 Å². The summed E-state index contributed by atoms with van der Waals surface area (Å²) < 4.78 is 31.6. The number of benzene rings is 1. The van der Waals surface area contributed by atoms with Crippen molar-refractivity contribution >= 4 is 35.6 Å². The third kappa shape index (κ3) is 14.7. The van der Waals surface area contributed by atoms with Gasteiger partial charge in [-0.05, 0) is 17.7 Å². The van der Waals surface area contributed by atoms with E-state index < -0.39 is 12.2 Å². The van der Waals surface area contributed by atoms with E-state index >= 15 is 0 Å². The van der Waals surface area contributed by atoms with Crippen molar-refractivity contribution in [3.05, 3.63) is 29.8 Å². The number of likely N-dealkylation sites (N-methyl/N-ethyl adjacent to an activating group) is 2. The summed E-state index contributed by atoms with van der Waals surface area (Å²) in [5.74, 6) is -0.735. The van der Waals surface area contributed by atoms with Crippen LogP contribution in [0.5, 0.6) is 0 Å². The fourth-order valence-corrected chi connectivity index (χ4v) is 3.97. The Morgan fingerprint density at radius 3 is 1.89 bits per heavy atom. The minimum atomic E-state index is -0.523. The summed E-state index contributed by atoms with van der Waals surface area (Å²) in [6.45, 7) is 5.41. The summed E-state index contributed by atoms with van der Waals surface area (Å²) in [7, 11) is 4.44. The Kier molecular flexibility index (Phi) is 17.5. The van der Waals surface area contributed by atoms with Gasteiger partial charge in [0.2, 0.25) is 17.7 Å². The molecule has 252 valence electrons. The van der Waals surface area contributed by atoms with Gasteiger partial charge in [-0.1, -0.05) is 19.1 Å². The van der Waals surface area contributed by atoms with Crippen molar-refractivity contribution < 1.29 is 52.4 Å².